The third-order valence-electron chi connectivity index (χ3n) is 3.69. The van der Waals surface area contributed by atoms with E-state index in [1.54, 1.807) is 0 Å². The minimum absolute atomic E-state index is 0.791. The summed E-state index contributed by atoms with van der Waals surface area (Å²) in [6.45, 7) is 3.31. The van der Waals surface area contributed by atoms with E-state index in [0.29, 0.717) is 0 Å². The SMILES string of the molecule is CN(CCNc1cccc(Cl)c1)CC1CCCC1. The quantitative estimate of drug-likeness (QED) is 0.841. The van der Waals surface area contributed by atoms with Crippen LogP contribution in [-0.4, -0.2) is 31.6 Å². The molecule has 0 unspecified atom stereocenters. The van der Waals surface area contributed by atoms with Crippen LogP contribution in [0.25, 0.3) is 0 Å². The molecule has 1 fully saturated rings. The Morgan fingerprint density at radius 2 is 2.11 bits per heavy atom. The zero-order chi connectivity index (χ0) is 12.8. The lowest BCUT2D eigenvalue weighted by molar-refractivity contribution is 0.287. The van der Waals surface area contributed by atoms with Gasteiger partial charge in [0.15, 0.2) is 0 Å². The number of hydrogen-bond donors (Lipinski definition) is 1. The van der Waals surface area contributed by atoms with Crippen molar-refractivity contribution in [2.75, 3.05) is 32.0 Å². The molecule has 0 amide bonds. The van der Waals surface area contributed by atoms with Crippen molar-refractivity contribution in [3.05, 3.63) is 29.3 Å². The van der Waals surface area contributed by atoms with E-state index >= 15 is 0 Å². The minimum Gasteiger partial charge on any atom is -0.384 e. The Hall–Kier alpha value is -0.730. The van der Waals surface area contributed by atoms with Crippen LogP contribution in [-0.2, 0) is 0 Å². The average molecular weight is 267 g/mol. The molecular weight excluding hydrogens is 244 g/mol. The van der Waals surface area contributed by atoms with Gasteiger partial charge in [-0.15, -0.1) is 0 Å². The summed E-state index contributed by atoms with van der Waals surface area (Å²) in [5, 5.41) is 4.21. The molecule has 0 atom stereocenters. The Labute approximate surface area is 115 Å². The van der Waals surface area contributed by atoms with E-state index in [1.807, 2.05) is 18.2 Å². The second-order valence-corrected chi connectivity index (χ2v) is 5.79. The van der Waals surface area contributed by atoms with Crippen molar-refractivity contribution in [1.82, 2.24) is 4.90 Å². The molecule has 1 aliphatic carbocycles. The fraction of sp³-hybridized carbons (Fsp3) is 0.600. The van der Waals surface area contributed by atoms with Crippen molar-refractivity contribution in [1.29, 1.82) is 0 Å². The Bertz CT molecular complexity index is 361. The first-order valence-electron chi connectivity index (χ1n) is 6.92. The minimum atomic E-state index is 0.791. The molecule has 18 heavy (non-hydrogen) atoms. The van der Waals surface area contributed by atoms with Crippen molar-refractivity contribution >= 4 is 17.3 Å². The third-order valence-corrected chi connectivity index (χ3v) is 3.93. The molecule has 2 rings (SSSR count). The van der Waals surface area contributed by atoms with Gasteiger partial charge in [0.25, 0.3) is 0 Å². The number of benzene rings is 1. The van der Waals surface area contributed by atoms with E-state index < -0.39 is 0 Å². The summed E-state index contributed by atoms with van der Waals surface area (Å²) in [4.78, 5) is 2.44. The summed E-state index contributed by atoms with van der Waals surface area (Å²) in [5.74, 6) is 0.932. The molecule has 0 spiro atoms. The number of nitrogens with zero attached hydrogens (tertiary/aromatic N) is 1. The van der Waals surface area contributed by atoms with Gasteiger partial charge in [-0.25, -0.2) is 0 Å². The normalized spacial score (nSPS) is 16.4. The maximum atomic E-state index is 5.95. The summed E-state index contributed by atoms with van der Waals surface area (Å²) < 4.78 is 0. The van der Waals surface area contributed by atoms with Crippen molar-refractivity contribution in [3.63, 3.8) is 0 Å². The monoisotopic (exact) mass is 266 g/mol. The fourth-order valence-electron chi connectivity index (χ4n) is 2.71. The maximum absolute atomic E-state index is 5.95. The number of rotatable bonds is 6. The third kappa shape index (κ3) is 4.51. The molecule has 0 saturated heterocycles. The van der Waals surface area contributed by atoms with E-state index in [4.69, 9.17) is 11.6 Å². The molecule has 0 bridgehead atoms. The van der Waals surface area contributed by atoms with E-state index in [0.717, 1.165) is 29.7 Å². The highest BCUT2D eigenvalue weighted by molar-refractivity contribution is 6.30. The molecule has 0 aromatic heterocycles. The van der Waals surface area contributed by atoms with Gasteiger partial charge >= 0.3 is 0 Å². The topological polar surface area (TPSA) is 15.3 Å². The number of anilines is 1. The van der Waals surface area contributed by atoms with Crippen LogP contribution in [0, 0.1) is 5.92 Å². The summed E-state index contributed by atoms with van der Waals surface area (Å²) in [7, 11) is 2.22. The Morgan fingerprint density at radius 1 is 1.33 bits per heavy atom. The van der Waals surface area contributed by atoms with Gasteiger partial charge in [-0.05, 0) is 44.0 Å². The molecule has 0 aliphatic heterocycles. The predicted molar refractivity (Wildman–Crippen MR) is 79.4 cm³/mol. The lowest BCUT2D eigenvalue weighted by Crippen LogP contribution is -2.29. The molecule has 0 heterocycles. The molecule has 1 aromatic carbocycles. The maximum Gasteiger partial charge on any atom is 0.0426 e. The zero-order valence-corrected chi connectivity index (χ0v) is 11.9. The number of hydrogen-bond acceptors (Lipinski definition) is 2. The van der Waals surface area contributed by atoms with Gasteiger partial charge in [0, 0.05) is 30.3 Å². The van der Waals surface area contributed by atoms with E-state index in [2.05, 4.69) is 23.3 Å². The summed E-state index contributed by atoms with van der Waals surface area (Å²) >= 11 is 5.95. The standard InChI is InChI=1S/C15H23ClN2/c1-18(12-13-5-2-3-6-13)10-9-17-15-8-4-7-14(16)11-15/h4,7-8,11,13,17H,2-3,5-6,9-10,12H2,1H3. The van der Waals surface area contributed by atoms with Gasteiger partial charge in [0.1, 0.15) is 0 Å². The summed E-state index contributed by atoms with van der Waals surface area (Å²) in [5.41, 5.74) is 1.11. The lowest BCUT2D eigenvalue weighted by Gasteiger charge is -2.21. The Morgan fingerprint density at radius 3 is 2.83 bits per heavy atom. The van der Waals surface area contributed by atoms with Gasteiger partial charge in [0.2, 0.25) is 0 Å². The zero-order valence-electron chi connectivity index (χ0n) is 11.2. The van der Waals surface area contributed by atoms with Crippen molar-refractivity contribution in [2.24, 2.45) is 5.92 Å². The predicted octanol–water partition coefficient (Wildman–Crippen LogP) is 3.87. The van der Waals surface area contributed by atoms with Crippen molar-refractivity contribution < 1.29 is 0 Å². The first-order valence-corrected chi connectivity index (χ1v) is 7.30. The van der Waals surface area contributed by atoms with Crippen LogP contribution < -0.4 is 5.32 Å². The van der Waals surface area contributed by atoms with Crippen LogP contribution in [0.1, 0.15) is 25.7 Å². The van der Waals surface area contributed by atoms with Crippen molar-refractivity contribution in [3.8, 4) is 0 Å². The van der Waals surface area contributed by atoms with Crippen LogP contribution in [0.2, 0.25) is 5.02 Å². The summed E-state index contributed by atoms with van der Waals surface area (Å²) in [6, 6.07) is 7.91. The lowest BCUT2D eigenvalue weighted by atomic mass is 10.1. The van der Waals surface area contributed by atoms with E-state index in [-0.39, 0.29) is 0 Å². The molecule has 2 nitrogen and oxygen atoms in total. The van der Waals surface area contributed by atoms with Crippen LogP contribution >= 0.6 is 11.6 Å². The fourth-order valence-corrected chi connectivity index (χ4v) is 2.90. The van der Waals surface area contributed by atoms with Crippen molar-refractivity contribution in [2.45, 2.75) is 25.7 Å². The molecule has 1 N–H and O–H groups in total. The van der Waals surface area contributed by atoms with Gasteiger partial charge < -0.3 is 10.2 Å². The highest BCUT2D eigenvalue weighted by Gasteiger charge is 2.16. The largest absolute Gasteiger partial charge is 0.384 e. The summed E-state index contributed by atoms with van der Waals surface area (Å²) in [6.07, 6.45) is 5.71. The van der Waals surface area contributed by atoms with Crippen LogP contribution in [0.3, 0.4) is 0 Å². The molecule has 1 aliphatic rings. The molecule has 0 radical (unpaired) electrons. The van der Waals surface area contributed by atoms with Gasteiger partial charge in [-0.3, -0.25) is 0 Å². The second-order valence-electron chi connectivity index (χ2n) is 5.35. The van der Waals surface area contributed by atoms with Gasteiger partial charge in [-0.2, -0.15) is 0 Å². The molecule has 3 heteroatoms. The number of likely N-dealkylation sites (N-methyl/N-ethyl adjacent to an activating group) is 1. The Kier molecular flexibility index (Phi) is 5.33. The van der Waals surface area contributed by atoms with Gasteiger partial charge in [0.05, 0.1) is 0 Å². The number of nitrogens with one attached hydrogen (secondary N) is 1. The van der Waals surface area contributed by atoms with E-state index in [1.165, 1.54) is 32.2 Å². The van der Waals surface area contributed by atoms with E-state index in [9.17, 15) is 0 Å². The number of halogens is 1. The first-order chi connectivity index (χ1) is 8.74. The molecule has 1 aromatic rings. The first kappa shape index (κ1) is 13.7. The van der Waals surface area contributed by atoms with Crippen LogP contribution in [0.4, 0.5) is 5.69 Å². The second kappa shape index (κ2) is 7.01. The molecule has 1 saturated carbocycles. The Balaban J connectivity index is 1.65. The molecule has 100 valence electrons. The van der Waals surface area contributed by atoms with Crippen LogP contribution in [0.15, 0.2) is 24.3 Å². The molecular formula is C15H23ClN2. The van der Waals surface area contributed by atoms with Gasteiger partial charge in [-0.1, -0.05) is 30.5 Å². The smallest absolute Gasteiger partial charge is 0.0426 e. The highest BCUT2D eigenvalue weighted by atomic mass is 35.5. The van der Waals surface area contributed by atoms with Crippen LogP contribution in [0.5, 0.6) is 0 Å². The average Bonchev–Trinajstić information content (AvgIpc) is 2.82. The highest BCUT2D eigenvalue weighted by Crippen LogP contribution is 2.25.